The van der Waals surface area contributed by atoms with Crippen LogP contribution < -0.4 is 5.32 Å². The van der Waals surface area contributed by atoms with Gasteiger partial charge in [-0.05, 0) is 54.7 Å². The molecule has 1 aliphatic rings. The number of ether oxygens (including phenoxy) is 1. The van der Waals surface area contributed by atoms with Crippen LogP contribution in [0.25, 0.3) is 0 Å². The summed E-state index contributed by atoms with van der Waals surface area (Å²) in [6.45, 7) is -0.390. The van der Waals surface area contributed by atoms with Crippen LogP contribution in [0.2, 0.25) is 10.0 Å². The summed E-state index contributed by atoms with van der Waals surface area (Å²) in [5.74, 6) is -1.09. The van der Waals surface area contributed by atoms with Crippen LogP contribution in [0.1, 0.15) is 27.9 Å². The van der Waals surface area contributed by atoms with E-state index in [4.69, 9.17) is 27.9 Å². The summed E-state index contributed by atoms with van der Waals surface area (Å²) in [7, 11) is 0. The van der Waals surface area contributed by atoms with Crippen molar-refractivity contribution in [3.63, 3.8) is 0 Å². The van der Waals surface area contributed by atoms with E-state index in [2.05, 4.69) is 5.32 Å². The molecule has 3 rings (SSSR count). The maximum absolute atomic E-state index is 12.0. The molecule has 0 heterocycles. The zero-order chi connectivity index (χ0) is 17.1. The van der Waals surface area contributed by atoms with Crippen molar-refractivity contribution in [2.24, 2.45) is 0 Å². The number of esters is 1. The summed E-state index contributed by atoms with van der Waals surface area (Å²) in [6.07, 6.45) is 3.26. The molecule has 0 atom stereocenters. The fraction of sp³-hybridized carbons (Fsp3) is 0.222. The van der Waals surface area contributed by atoms with Crippen LogP contribution in [0.15, 0.2) is 36.4 Å². The number of fused-ring (bicyclic) bond motifs is 1. The number of carbonyl (C=O) groups is 2. The average Bonchev–Trinajstić information content (AvgIpc) is 3.03. The van der Waals surface area contributed by atoms with Gasteiger partial charge in [-0.25, -0.2) is 4.79 Å². The maximum atomic E-state index is 12.0. The highest BCUT2D eigenvalue weighted by Gasteiger charge is 2.16. The lowest BCUT2D eigenvalue weighted by Gasteiger charge is -2.09. The zero-order valence-corrected chi connectivity index (χ0v) is 14.3. The number of carbonyl (C=O) groups excluding carboxylic acids is 2. The highest BCUT2D eigenvalue weighted by atomic mass is 35.5. The predicted molar refractivity (Wildman–Crippen MR) is 93.8 cm³/mol. The monoisotopic (exact) mass is 363 g/mol. The first-order valence-corrected chi connectivity index (χ1v) is 8.33. The first kappa shape index (κ1) is 16.8. The number of nitrogens with one attached hydrogen (secondary N) is 1. The van der Waals surface area contributed by atoms with E-state index < -0.39 is 18.5 Å². The van der Waals surface area contributed by atoms with Gasteiger partial charge in [0.05, 0.1) is 15.6 Å². The Balaban J connectivity index is 1.57. The van der Waals surface area contributed by atoms with Gasteiger partial charge < -0.3 is 10.1 Å². The fourth-order valence-corrected chi connectivity index (χ4v) is 3.09. The largest absolute Gasteiger partial charge is 0.452 e. The summed E-state index contributed by atoms with van der Waals surface area (Å²) in [4.78, 5) is 23.9. The molecule has 0 bridgehead atoms. The van der Waals surface area contributed by atoms with E-state index >= 15 is 0 Å². The lowest BCUT2D eigenvalue weighted by atomic mass is 10.1. The van der Waals surface area contributed by atoms with Gasteiger partial charge >= 0.3 is 5.97 Å². The lowest BCUT2D eigenvalue weighted by Crippen LogP contribution is -2.21. The lowest BCUT2D eigenvalue weighted by molar-refractivity contribution is -0.119. The molecule has 1 aliphatic carbocycles. The Labute approximate surface area is 149 Å². The molecule has 124 valence electrons. The predicted octanol–water partition coefficient (Wildman–Crippen LogP) is 4.28. The molecule has 0 radical (unpaired) electrons. The second-order valence-electron chi connectivity index (χ2n) is 5.56. The molecule has 0 unspecified atom stereocenters. The van der Waals surface area contributed by atoms with Gasteiger partial charge in [0.1, 0.15) is 0 Å². The molecule has 0 fully saturated rings. The summed E-state index contributed by atoms with van der Waals surface area (Å²) >= 11 is 11.8. The molecule has 0 saturated heterocycles. The van der Waals surface area contributed by atoms with E-state index in [9.17, 15) is 9.59 Å². The Bertz CT molecular complexity index is 805. The molecule has 1 amide bonds. The molecular weight excluding hydrogens is 349 g/mol. The highest BCUT2D eigenvalue weighted by Crippen LogP contribution is 2.26. The van der Waals surface area contributed by atoms with Crippen LogP contribution in [0.3, 0.4) is 0 Å². The normalized spacial score (nSPS) is 12.6. The van der Waals surface area contributed by atoms with Gasteiger partial charge in [0.15, 0.2) is 6.61 Å². The quantitative estimate of drug-likeness (QED) is 0.824. The van der Waals surface area contributed by atoms with E-state index in [0.717, 1.165) is 19.3 Å². The molecule has 4 nitrogen and oxygen atoms in total. The van der Waals surface area contributed by atoms with Crippen molar-refractivity contribution in [1.29, 1.82) is 0 Å². The number of aryl methyl sites for hydroxylation is 2. The maximum Gasteiger partial charge on any atom is 0.340 e. The zero-order valence-electron chi connectivity index (χ0n) is 12.8. The van der Waals surface area contributed by atoms with Gasteiger partial charge in [0.25, 0.3) is 5.91 Å². The summed E-state index contributed by atoms with van der Waals surface area (Å²) in [6, 6.07) is 10.5. The Hall–Kier alpha value is -2.04. The van der Waals surface area contributed by atoms with Crippen LogP contribution in [0.4, 0.5) is 5.69 Å². The SMILES string of the molecule is O=C(COC(=O)c1cccc(Cl)c1Cl)Nc1ccc2c(c1)CCC2. The number of rotatable bonds is 4. The van der Waals surface area contributed by atoms with Gasteiger partial charge in [-0.1, -0.05) is 35.3 Å². The van der Waals surface area contributed by atoms with Gasteiger partial charge in [-0.15, -0.1) is 0 Å². The number of hydrogen-bond acceptors (Lipinski definition) is 3. The van der Waals surface area contributed by atoms with Crippen LogP contribution in [-0.2, 0) is 22.4 Å². The molecule has 0 aliphatic heterocycles. The van der Waals surface area contributed by atoms with E-state index in [1.54, 1.807) is 12.1 Å². The molecule has 24 heavy (non-hydrogen) atoms. The van der Waals surface area contributed by atoms with E-state index in [1.165, 1.54) is 17.2 Å². The molecule has 2 aromatic rings. The molecule has 1 N–H and O–H groups in total. The highest BCUT2D eigenvalue weighted by molar-refractivity contribution is 6.43. The number of anilines is 1. The standard InChI is InChI=1S/C18H15Cl2NO3/c19-15-6-2-5-14(17(15)20)18(23)24-10-16(22)21-13-8-7-11-3-1-4-12(11)9-13/h2,5-9H,1,3-4,10H2,(H,21,22). The van der Waals surface area contributed by atoms with E-state index in [1.807, 2.05) is 18.2 Å². The third kappa shape index (κ3) is 3.71. The van der Waals surface area contributed by atoms with Crippen LogP contribution in [0.5, 0.6) is 0 Å². The van der Waals surface area contributed by atoms with Crippen LogP contribution in [0, 0.1) is 0 Å². The molecule has 2 aromatic carbocycles. The molecule has 6 heteroatoms. The van der Waals surface area contributed by atoms with Crippen molar-refractivity contribution in [1.82, 2.24) is 0 Å². The third-order valence-corrected chi connectivity index (χ3v) is 4.71. The summed E-state index contributed by atoms with van der Waals surface area (Å²) < 4.78 is 5.00. The van der Waals surface area contributed by atoms with Gasteiger partial charge in [0, 0.05) is 5.69 Å². The number of benzene rings is 2. The minimum Gasteiger partial charge on any atom is -0.452 e. The van der Waals surface area contributed by atoms with Gasteiger partial charge in [0.2, 0.25) is 0 Å². The molecular formula is C18H15Cl2NO3. The molecule has 0 saturated carbocycles. The Kier molecular flexibility index (Phi) is 5.07. The van der Waals surface area contributed by atoms with Crippen molar-refractivity contribution >= 4 is 40.8 Å². The van der Waals surface area contributed by atoms with Crippen molar-refractivity contribution in [3.8, 4) is 0 Å². The van der Waals surface area contributed by atoms with Crippen LogP contribution >= 0.6 is 23.2 Å². The Morgan fingerprint density at radius 3 is 2.71 bits per heavy atom. The van der Waals surface area contributed by atoms with Crippen molar-refractivity contribution < 1.29 is 14.3 Å². The first-order valence-electron chi connectivity index (χ1n) is 7.57. The topological polar surface area (TPSA) is 55.4 Å². The first-order chi connectivity index (χ1) is 11.5. The van der Waals surface area contributed by atoms with Crippen molar-refractivity contribution in [2.75, 3.05) is 11.9 Å². The van der Waals surface area contributed by atoms with Crippen molar-refractivity contribution in [3.05, 3.63) is 63.1 Å². The molecule has 0 spiro atoms. The number of halogens is 2. The Morgan fingerprint density at radius 1 is 1.08 bits per heavy atom. The van der Waals surface area contributed by atoms with Crippen molar-refractivity contribution in [2.45, 2.75) is 19.3 Å². The Morgan fingerprint density at radius 2 is 1.88 bits per heavy atom. The number of amides is 1. The summed E-state index contributed by atoms with van der Waals surface area (Å²) in [5.41, 5.74) is 3.43. The average molecular weight is 364 g/mol. The third-order valence-electron chi connectivity index (χ3n) is 3.89. The smallest absolute Gasteiger partial charge is 0.340 e. The summed E-state index contributed by atoms with van der Waals surface area (Å²) in [5, 5.41) is 3.10. The number of hydrogen-bond donors (Lipinski definition) is 1. The minimum atomic E-state index is -0.688. The second-order valence-corrected chi connectivity index (χ2v) is 6.35. The van der Waals surface area contributed by atoms with Gasteiger partial charge in [-0.3, -0.25) is 4.79 Å². The van der Waals surface area contributed by atoms with Crippen LogP contribution in [-0.4, -0.2) is 18.5 Å². The molecule has 0 aromatic heterocycles. The minimum absolute atomic E-state index is 0.114. The fourth-order valence-electron chi connectivity index (χ4n) is 2.72. The van der Waals surface area contributed by atoms with Gasteiger partial charge in [-0.2, -0.15) is 0 Å². The second kappa shape index (κ2) is 7.24. The van der Waals surface area contributed by atoms with E-state index in [0.29, 0.717) is 5.69 Å². The van der Waals surface area contributed by atoms with E-state index in [-0.39, 0.29) is 15.6 Å².